The molecule has 0 radical (unpaired) electrons. The molecular formula is C16H22ClNOS. The van der Waals surface area contributed by atoms with E-state index in [4.69, 9.17) is 11.6 Å². The minimum Gasteiger partial charge on any atom is -0.342 e. The van der Waals surface area contributed by atoms with Crippen molar-refractivity contribution in [3.05, 3.63) is 34.9 Å². The number of halogens is 1. The Labute approximate surface area is 130 Å². The van der Waals surface area contributed by atoms with Crippen LogP contribution >= 0.6 is 23.4 Å². The highest BCUT2D eigenvalue weighted by Gasteiger charge is 2.21. The Balaban J connectivity index is 1.76. The predicted molar refractivity (Wildman–Crippen MR) is 87.3 cm³/mol. The topological polar surface area (TPSA) is 20.3 Å². The molecule has 0 aromatic heterocycles. The maximum Gasteiger partial charge on any atom is 0.232 e. The van der Waals surface area contributed by atoms with Crippen LogP contribution in [0.4, 0.5) is 0 Å². The van der Waals surface area contributed by atoms with Crippen molar-refractivity contribution in [2.24, 2.45) is 0 Å². The van der Waals surface area contributed by atoms with Crippen LogP contribution in [0.5, 0.6) is 0 Å². The number of rotatable bonds is 5. The van der Waals surface area contributed by atoms with Gasteiger partial charge in [-0.3, -0.25) is 4.79 Å². The lowest BCUT2D eigenvalue weighted by atomic mass is 9.94. The Morgan fingerprint density at radius 1 is 1.30 bits per heavy atom. The fourth-order valence-corrected chi connectivity index (χ4v) is 3.87. The summed E-state index contributed by atoms with van der Waals surface area (Å²) >= 11 is 7.76. The summed E-state index contributed by atoms with van der Waals surface area (Å²) in [5.74, 6) is 1.58. The fraction of sp³-hybridized carbons (Fsp3) is 0.562. The molecule has 0 heterocycles. The van der Waals surface area contributed by atoms with Crippen molar-refractivity contribution in [2.45, 2.75) is 43.9 Å². The van der Waals surface area contributed by atoms with E-state index in [2.05, 4.69) is 0 Å². The number of carbonyl (C=O) groups excluding carboxylic acids is 1. The van der Waals surface area contributed by atoms with Gasteiger partial charge < -0.3 is 4.90 Å². The first-order valence-corrected chi connectivity index (χ1v) is 8.78. The van der Waals surface area contributed by atoms with Gasteiger partial charge in [-0.1, -0.05) is 49.1 Å². The molecular weight excluding hydrogens is 290 g/mol. The SMILES string of the molecule is CN(C(=O)CSCc1ccccc1Cl)C1CCCCC1. The second-order valence-electron chi connectivity index (χ2n) is 5.38. The van der Waals surface area contributed by atoms with Crippen LogP contribution in [0.2, 0.25) is 5.02 Å². The van der Waals surface area contributed by atoms with E-state index in [9.17, 15) is 4.79 Å². The van der Waals surface area contributed by atoms with Gasteiger partial charge in [0.15, 0.2) is 0 Å². The summed E-state index contributed by atoms with van der Waals surface area (Å²) in [5.41, 5.74) is 1.10. The van der Waals surface area contributed by atoms with Crippen LogP contribution in [0.3, 0.4) is 0 Å². The van der Waals surface area contributed by atoms with Crippen LogP contribution in [0.15, 0.2) is 24.3 Å². The molecule has 1 fully saturated rings. The second kappa shape index (κ2) is 7.94. The van der Waals surface area contributed by atoms with Crippen LogP contribution in [-0.4, -0.2) is 29.6 Å². The van der Waals surface area contributed by atoms with Gasteiger partial charge in [0.1, 0.15) is 0 Å². The van der Waals surface area contributed by atoms with Crippen LogP contribution in [0, 0.1) is 0 Å². The number of carbonyl (C=O) groups is 1. The van der Waals surface area contributed by atoms with E-state index >= 15 is 0 Å². The van der Waals surface area contributed by atoms with Crippen molar-refractivity contribution in [2.75, 3.05) is 12.8 Å². The van der Waals surface area contributed by atoms with Gasteiger partial charge >= 0.3 is 0 Å². The summed E-state index contributed by atoms with van der Waals surface area (Å²) in [6.07, 6.45) is 6.17. The number of thioether (sulfide) groups is 1. The molecule has 1 aliphatic rings. The molecule has 0 bridgehead atoms. The van der Waals surface area contributed by atoms with E-state index in [1.54, 1.807) is 11.8 Å². The van der Waals surface area contributed by atoms with E-state index in [1.165, 1.54) is 19.3 Å². The molecule has 0 unspecified atom stereocenters. The van der Waals surface area contributed by atoms with Crippen molar-refractivity contribution >= 4 is 29.3 Å². The largest absolute Gasteiger partial charge is 0.342 e. The minimum absolute atomic E-state index is 0.244. The van der Waals surface area contributed by atoms with E-state index in [1.807, 2.05) is 36.2 Å². The lowest BCUT2D eigenvalue weighted by Gasteiger charge is -2.31. The first kappa shape index (κ1) is 15.7. The molecule has 110 valence electrons. The van der Waals surface area contributed by atoms with Crippen molar-refractivity contribution in [1.82, 2.24) is 4.90 Å². The number of hydrogen-bond acceptors (Lipinski definition) is 2. The van der Waals surface area contributed by atoms with Gasteiger partial charge in [-0.05, 0) is 24.5 Å². The lowest BCUT2D eigenvalue weighted by molar-refractivity contribution is -0.129. The molecule has 1 amide bonds. The van der Waals surface area contributed by atoms with Gasteiger partial charge in [-0.15, -0.1) is 11.8 Å². The number of hydrogen-bond donors (Lipinski definition) is 0. The van der Waals surface area contributed by atoms with E-state index in [-0.39, 0.29) is 5.91 Å². The summed E-state index contributed by atoms with van der Waals surface area (Å²) < 4.78 is 0. The van der Waals surface area contributed by atoms with Crippen LogP contribution < -0.4 is 0 Å². The van der Waals surface area contributed by atoms with E-state index in [0.29, 0.717) is 11.8 Å². The summed E-state index contributed by atoms with van der Waals surface area (Å²) in [6, 6.07) is 8.28. The smallest absolute Gasteiger partial charge is 0.232 e. The molecule has 0 saturated heterocycles. The van der Waals surface area contributed by atoms with Crippen molar-refractivity contribution in [1.29, 1.82) is 0 Å². The third-order valence-electron chi connectivity index (χ3n) is 3.96. The monoisotopic (exact) mass is 311 g/mol. The lowest BCUT2D eigenvalue weighted by Crippen LogP contribution is -2.39. The standard InChI is InChI=1S/C16H22ClNOS/c1-18(14-8-3-2-4-9-14)16(19)12-20-11-13-7-5-6-10-15(13)17/h5-7,10,14H,2-4,8-9,11-12H2,1H3. The first-order valence-electron chi connectivity index (χ1n) is 7.25. The van der Waals surface area contributed by atoms with Crippen LogP contribution in [0.25, 0.3) is 0 Å². The third-order valence-corrected chi connectivity index (χ3v) is 5.29. The molecule has 20 heavy (non-hydrogen) atoms. The summed E-state index contributed by atoms with van der Waals surface area (Å²) in [5, 5.41) is 0.785. The van der Waals surface area contributed by atoms with Crippen molar-refractivity contribution in [3.63, 3.8) is 0 Å². The molecule has 0 spiro atoms. The maximum absolute atomic E-state index is 12.2. The molecule has 2 nitrogen and oxygen atoms in total. The minimum atomic E-state index is 0.244. The van der Waals surface area contributed by atoms with Crippen molar-refractivity contribution in [3.8, 4) is 0 Å². The Morgan fingerprint density at radius 2 is 2.00 bits per heavy atom. The van der Waals surface area contributed by atoms with Gasteiger partial charge in [0.25, 0.3) is 0 Å². The Bertz CT molecular complexity index is 446. The number of benzene rings is 1. The highest BCUT2D eigenvalue weighted by molar-refractivity contribution is 7.99. The molecule has 0 aliphatic heterocycles. The van der Waals surface area contributed by atoms with Gasteiger partial charge in [-0.25, -0.2) is 0 Å². The molecule has 1 saturated carbocycles. The fourth-order valence-electron chi connectivity index (χ4n) is 2.64. The van der Waals surface area contributed by atoms with Crippen molar-refractivity contribution < 1.29 is 4.79 Å². The highest BCUT2D eigenvalue weighted by atomic mass is 35.5. The average molecular weight is 312 g/mol. The van der Waals surface area contributed by atoms with E-state index in [0.717, 1.165) is 29.2 Å². The quantitative estimate of drug-likeness (QED) is 0.805. The van der Waals surface area contributed by atoms with E-state index < -0.39 is 0 Å². The van der Waals surface area contributed by atoms with Gasteiger partial charge in [-0.2, -0.15) is 0 Å². The Kier molecular flexibility index (Phi) is 6.24. The average Bonchev–Trinajstić information content (AvgIpc) is 2.49. The second-order valence-corrected chi connectivity index (χ2v) is 6.77. The van der Waals surface area contributed by atoms with Crippen LogP contribution in [0.1, 0.15) is 37.7 Å². The Hall–Kier alpha value is -0.670. The zero-order chi connectivity index (χ0) is 14.4. The maximum atomic E-state index is 12.2. The molecule has 4 heteroatoms. The predicted octanol–water partition coefficient (Wildman–Crippen LogP) is 4.36. The Morgan fingerprint density at radius 3 is 2.70 bits per heavy atom. The highest BCUT2D eigenvalue weighted by Crippen LogP contribution is 2.24. The zero-order valence-electron chi connectivity index (χ0n) is 12.0. The molecule has 1 aromatic rings. The zero-order valence-corrected chi connectivity index (χ0v) is 13.6. The molecule has 2 rings (SSSR count). The van der Waals surface area contributed by atoms with Gasteiger partial charge in [0, 0.05) is 23.9 Å². The molecule has 0 atom stereocenters. The summed E-state index contributed by atoms with van der Waals surface area (Å²) in [4.78, 5) is 14.1. The van der Waals surface area contributed by atoms with Gasteiger partial charge in [0.05, 0.1) is 5.75 Å². The molecule has 1 aromatic carbocycles. The normalized spacial score (nSPS) is 16.1. The summed E-state index contributed by atoms with van der Waals surface area (Å²) in [6.45, 7) is 0. The van der Waals surface area contributed by atoms with Gasteiger partial charge in [0.2, 0.25) is 5.91 Å². The molecule has 0 N–H and O–H groups in total. The summed E-state index contributed by atoms with van der Waals surface area (Å²) in [7, 11) is 1.95. The number of nitrogens with zero attached hydrogens (tertiary/aromatic N) is 1. The third kappa shape index (κ3) is 4.42. The number of amides is 1. The molecule has 1 aliphatic carbocycles. The van der Waals surface area contributed by atoms with Crippen LogP contribution in [-0.2, 0) is 10.5 Å². The first-order chi connectivity index (χ1) is 9.68.